The third kappa shape index (κ3) is 2.53. The van der Waals surface area contributed by atoms with E-state index in [1.165, 1.54) is 4.90 Å². The molecule has 1 aliphatic rings. The summed E-state index contributed by atoms with van der Waals surface area (Å²) in [6.07, 6.45) is 1.69. The number of halogens is 1. The molecule has 1 aliphatic heterocycles. The number of hydrogen-bond donors (Lipinski definition) is 0. The molecule has 0 unspecified atom stereocenters. The number of likely N-dealkylation sites (N-methyl/N-ethyl adjacent to an activating group) is 2. The highest BCUT2D eigenvalue weighted by Crippen LogP contribution is 2.27. The first-order chi connectivity index (χ1) is 10.5. The zero-order valence-corrected chi connectivity index (χ0v) is 13.6. The zero-order chi connectivity index (χ0) is 15.9. The van der Waals surface area contributed by atoms with Gasteiger partial charge in [-0.2, -0.15) is 0 Å². The highest BCUT2D eigenvalue weighted by atomic mass is 35.5. The fraction of sp³-hybridized carbons (Fsp3) is 0.125. The average Bonchev–Trinajstić information content (AvgIpc) is 3.04. The van der Waals surface area contributed by atoms with Crippen molar-refractivity contribution in [2.45, 2.75) is 0 Å². The monoisotopic (exact) mass is 332 g/mol. The van der Waals surface area contributed by atoms with Gasteiger partial charge in [-0.25, -0.2) is 0 Å². The number of carbonyl (C=O) groups is 1. The molecule has 112 valence electrons. The summed E-state index contributed by atoms with van der Waals surface area (Å²) in [4.78, 5) is 15.2. The molecular formula is C16H13ClN2O2S. The van der Waals surface area contributed by atoms with Gasteiger partial charge in [-0.15, -0.1) is 0 Å². The Morgan fingerprint density at radius 3 is 2.59 bits per heavy atom. The highest BCUT2D eigenvalue weighted by molar-refractivity contribution is 7.80. The lowest BCUT2D eigenvalue weighted by Gasteiger charge is -2.10. The summed E-state index contributed by atoms with van der Waals surface area (Å²) in [6.45, 7) is 0. The topological polar surface area (TPSA) is 36.7 Å². The van der Waals surface area contributed by atoms with Crippen molar-refractivity contribution in [1.29, 1.82) is 0 Å². The Morgan fingerprint density at radius 2 is 1.95 bits per heavy atom. The summed E-state index contributed by atoms with van der Waals surface area (Å²) in [5, 5.41) is 1.12. The van der Waals surface area contributed by atoms with Crippen LogP contribution in [0, 0.1) is 0 Å². The predicted octanol–water partition coefficient (Wildman–Crippen LogP) is 3.63. The van der Waals surface area contributed by atoms with E-state index in [0.29, 0.717) is 27.4 Å². The molecule has 6 heteroatoms. The van der Waals surface area contributed by atoms with Crippen molar-refractivity contribution in [3.63, 3.8) is 0 Å². The number of nitrogens with zero attached hydrogens (tertiary/aromatic N) is 2. The van der Waals surface area contributed by atoms with Crippen LogP contribution < -0.4 is 0 Å². The number of carbonyl (C=O) groups excluding carboxylic acids is 1. The van der Waals surface area contributed by atoms with E-state index in [1.807, 2.05) is 30.3 Å². The Labute approximate surface area is 138 Å². The van der Waals surface area contributed by atoms with Crippen LogP contribution in [0.25, 0.3) is 17.4 Å². The molecule has 1 aromatic carbocycles. The Bertz CT molecular complexity index is 797. The van der Waals surface area contributed by atoms with Gasteiger partial charge in [0.25, 0.3) is 5.91 Å². The van der Waals surface area contributed by atoms with Crippen molar-refractivity contribution in [3.05, 3.63) is 52.9 Å². The largest absolute Gasteiger partial charge is 0.457 e. The van der Waals surface area contributed by atoms with Crippen LogP contribution in [0.2, 0.25) is 5.02 Å². The van der Waals surface area contributed by atoms with E-state index in [2.05, 4.69) is 0 Å². The van der Waals surface area contributed by atoms with Crippen molar-refractivity contribution in [2.24, 2.45) is 0 Å². The second kappa shape index (κ2) is 5.59. The van der Waals surface area contributed by atoms with E-state index in [-0.39, 0.29) is 5.91 Å². The summed E-state index contributed by atoms with van der Waals surface area (Å²) in [5.41, 5.74) is 1.37. The summed E-state index contributed by atoms with van der Waals surface area (Å²) in [6, 6.07) is 11.1. The molecule has 2 heterocycles. The maximum atomic E-state index is 12.1. The minimum absolute atomic E-state index is 0.145. The van der Waals surface area contributed by atoms with Crippen molar-refractivity contribution in [1.82, 2.24) is 9.80 Å². The molecule has 1 saturated heterocycles. The zero-order valence-electron chi connectivity index (χ0n) is 12.0. The van der Waals surface area contributed by atoms with Gasteiger partial charge in [-0.3, -0.25) is 9.69 Å². The van der Waals surface area contributed by atoms with E-state index >= 15 is 0 Å². The second-order valence-electron chi connectivity index (χ2n) is 4.95. The van der Waals surface area contributed by atoms with Gasteiger partial charge in [0.05, 0.1) is 0 Å². The SMILES string of the molecule is CN1C(=O)C(=Cc2ccc(-c3cccc(Cl)c3)o2)N(C)C1=S. The van der Waals surface area contributed by atoms with Crippen LogP contribution in [0.5, 0.6) is 0 Å². The normalized spacial score (nSPS) is 17.0. The fourth-order valence-electron chi connectivity index (χ4n) is 2.25. The Hall–Kier alpha value is -2.11. The van der Waals surface area contributed by atoms with Gasteiger partial charge in [-0.1, -0.05) is 23.7 Å². The summed E-state index contributed by atoms with van der Waals surface area (Å²) < 4.78 is 5.78. The molecule has 0 atom stereocenters. The molecule has 0 N–H and O–H groups in total. The lowest BCUT2D eigenvalue weighted by molar-refractivity contribution is -0.121. The van der Waals surface area contributed by atoms with Crippen LogP contribution in [0.1, 0.15) is 5.76 Å². The Balaban J connectivity index is 1.93. The van der Waals surface area contributed by atoms with Crippen LogP contribution in [-0.2, 0) is 4.79 Å². The lowest BCUT2D eigenvalue weighted by atomic mass is 10.2. The maximum Gasteiger partial charge on any atom is 0.276 e. The van der Waals surface area contributed by atoms with Crippen LogP contribution >= 0.6 is 23.8 Å². The smallest absolute Gasteiger partial charge is 0.276 e. The summed E-state index contributed by atoms with van der Waals surface area (Å²) >= 11 is 11.2. The average molecular weight is 333 g/mol. The number of benzene rings is 1. The van der Waals surface area contributed by atoms with Gasteiger partial charge in [0.1, 0.15) is 17.2 Å². The standard InChI is InChI=1S/C16H13ClN2O2S/c1-18-13(15(20)19(2)16(18)22)9-12-6-7-14(21-12)10-4-3-5-11(17)8-10/h3-9H,1-2H3. The third-order valence-corrected chi connectivity index (χ3v) is 4.26. The summed E-state index contributed by atoms with van der Waals surface area (Å²) in [5.74, 6) is 1.13. The maximum absolute atomic E-state index is 12.1. The number of thiocarbonyl (C=S) groups is 1. The van der Waals surface area contributed by atoms with Gasteiger partial charge in [0, 0.05) is 30.8 Å². The van der Waals surface area contributed by atoms with Crippen molar-refractivity contribution in [2.75, 3.05) is 14.1 Å². The van der Waals surface area contributed by atoms with Crippen molar-refractivity contribution < 1.29 is 9.21 Å². The molecule has 2 aromatic rings. The van der Waals surface area contributed by atoms with Crippen molar-refractivity contribution in [3.8, 4) is 11.3 Å². The van der Waals surface area contributed by atoms with Gasteiger partial charge in [-0.05, 0) is 36.5 Å². The predicted molar refractivity (Wildman–Crippen MR) is 90.3 cm³/mol. The van der Waals surface area contributed by atoms with E-state index < -0.39 is 0 Å². The molecule has 0 spiro atoms. The quantitative estimate of drug-likeness (QED) is 0.621. The minimum Gasteiger partial charge on any atom is -0.457 e. The minimum atomic E-state index is -0.145. The van der Waals surface area contributed by atoms with Crippen LogP contribution in [0.4, 0.5) is 0 Å². The van der Waals surface area contributed by atoms with Crippen LogP contribution in [-0.4, -0.2) is 34.9 Å². The van der Waals surface area contributed by atoms with E-state index in [9.17, 15) is 4.79 Å². The lowest BCUT2D eigenvalue weighted by Crippen LogP contribution is -2.26. The molecule has 0 saturated carbocycles. The fourth-order valence-corrected chi connectivity index (χ4v) is 2.62. The molecule has 4 nitrogen and oxygen atoms in total. The number of amides is 1. The molecule has 1 aromatic heterocycles. The van der Waals surface area contributed by atoms with Gasteiger partial charge < -0.3 is 9.32 Å². The third-order valence-electron chi connectivity index (χ3n) is 3.47. The van der Waals surface area contributed by atoms with Crippen LogP contribution in [0.3, 0.4) is 0 Å². The number of rotatable bonds is 2. The van der Waals surface area contributed by atoms with Crippen molar-refractivity contribution >= 4 is 40.9 Å². The number of furan rings is 1. The number of hydrogen-bond acceptors (Lipinski definition) is 3. The van der Waals surface area contributed by atoms with Gasteiger partial charge in [0.2, 0.25) is 0 Å². The second-order valence-corrected chi connectivity index (χ2v) is 5.75. The summed E-state index contributed by atoms with van der Waals surface area (Å²) in [7, 11) is 3.41. The molecule has 1 amide bonds. The molecule has 1 fully saturated rings. The highest BCUT2D eigenvalue weighted by Gasteiger charge is 2.32. The Kier molecular flexibility index (Phi) is 3.76. The molecule has 0 bridgehead atoms. The molecule has 3 rings (SSSR count). The molecule has 0 radical (unpaired) electrons. The Morgan fingerprint density at radius 1 is 1.18 bits per heavy atom. The molecule has 22 heavy (non-hydrogen) atoms. The van der Waals surface area contributed by atoms with E-state index in [4.69, 9.17) is 28.2 Å². The molecule has 0 aliphatic carbocycles. The van der Waals surface area contributed by atoms with E-state index in [1.54, 1.807) is 31.1 Å². The molecular weight excluding hydrogens is 320 g/mol. The van der Waals surface area contributed by atoms with Gasteiger partial charge in [0.15, 0.2) is 5.11 Å². The van der Waals surface area contributed by atoms with E-state index in [0.717, 1.165) is 5.56 Å². The van der Waals surface area contributed by atoms with Gasteiger partial charge >= 0.3 is 0 Å². The first kappa shape index (κ1) is 14.8. The first-order valence-corrected chi connectivity index (χ1v) is 7.39. The van der Waals surface area contributed by atoms with Crippen LogP contribution in [0.15, 0.2) is 46.5 Å². The first-order valence-electron chi connectivity index (χ1n) is 6.60.